The first-order valence-electron chi connectivity index (χ1n) is 5.92. The molecule has 1 N–H and O–H groups in total. The van der Waals surface area contributed by atoms with E-state index >= 15 is 0 Å². The number of hydrogen-bond acceptors (Lipinski definition) is 1. The van der Waals surface area contributed by atoms with Gasteiger partial charge in [-0.3, -0.25) is 0 Å². The quantitative estimate of drug-likeness (QED) is 0.653. The van der Waals surface area contributed by atoms with Crippen LogP contribution in [0.2, 0.25) is 5.02 Å². The third-order valence-corrected chi connectivity index (χ3v) is 4.64. The molecule has 2 rings (SSSR count). The molecule has 0 radical (unpaired) electrons. The number of benzene rings is 2. The largest absolute Gasteiger partial charge is 0.381 e. The Labute approximate surface area is 135 Å². The van der Waals surface area contributed by atoms with Crippen LogP contribution in [0.3, 0.4) is 0 Å². The van der Waals surface area contributed by atoms with Crippen molar-refractivity contribution in [3.8, 4) is 0 Å². The fraction of sp³-hybridized carbons (Fsp3) is 0.200. The van der Waals surface area contributed by atoms with Crippen molar-refractivity contribution in [2.75, 3.05) is 5.32 Å². The number of hydrogen-bond donors (Lipinski definition) is 1. The van der Waals surface area contributed by atoms with Gasteiger partial charge in [-0.05, 0) is 70.7 Å². The summed E-state index contributed by atoms with van der Waals surface area (Å²) >= 11 is 13.0. The van der Waals surface area contributed by atoms with E-state index in [0.29, 0.717) is 0 Å². The van der Waals surface area contributed by atoms with Crippen LogP contribution in [0.15, 0.2) is 39.3 Å². The second-order valence-electron chi connectivity index (χ2n) is 4.52. The molecule has 0 fully saturated rings. The minimum Gasteiger partial charge on any atom is -0.381 e. The summed E-state index contributed by atoms with van der Waals surface area (Å²) in [5.74, 6) is 0. The Bertz CT molecular complexity index is 588. The zero-order valence-electron chi connectivity index (χ0n) is 10.7. The normalized spacial score (nSPS) is 10.6. The predicted octanol–water partition coefficient (Wildman–Crippen LogP) is 6.09. The second kappa shape index (κ2) is 6.29. The van der Waals surface area contributed by atoms with Crippen LogP contribution in [0.4, 0.5) is 5.69 Å². The second-order valence-corrected chi connectivity index (χ2v) is 6.69. The minimum absolute atomic E-state index is 0.739. The van der Waals surface area contributed by atoms with Crippen molar-refractivity contribution < 1.29 is 0 Å². The van der Waals surface area contributed by atoms with Gasteiger partial charge in [-0.1, -0.05) is 33.6 Å². The van der Waals surface area contributed by atoms with Gasteiger partial charge in [0, 0.05) is 21.2 Å². The molecule has 2 aromatic carbocycles. The maximum atomic E-state index is 6.10. The van der Waals surface area contributed by atoms with Crippen molar-refractivity contribution in [2.45, 2.75) is 20.4 Å². The molecule has 0 heterocycles. The summed E-state index contributed by atoms with van der Waals surface area (Å²) in [6.45, 7) is 4.97. The lowest BCUT2D eigenvalue weighted by molar-refractivity contribution is 1.13. The standard InChI is InChI=1S/C15H14Br2ClN/c1-9-5-12(16)6-10(2)15(9)19-8-11-3-4-13(17)14(18)7-11/h3-7,19H,8H2,1-2H3. The highest BCUT2D eigenvalue weighted by Crippen LogP contribution is 2.27. The number of rotatable bonds is 3. The number of halogens is 3. The van der Waals surface area contributed by atoms with Gasteiger partial charge in [-0.15, -0.1) is 0 Å². The van der Waals surface area contributed by atoms with E-state index in [1.807, 2.05) is 12.1 Å². The number of nitrogens with one attached hydrogen (secondary N) is 1. The average Bonchev–Trinajstić information content (AvgIpc) is 2.32. The zero-order chi connectivity index (χ0) is 14.0. The molecule has 0 atom stereocenters. The molecule has 0 amide bonds. The third-order valence-electron chi connectivity index (χ3n) is 2.95. The van der Waals surface area contributed by atoms with Crippen LogP contribution in [-0.4, -0.2) is 0 Å². The molecular weight excluding hydrogens is 389 g/mol. The van der Waals surface area contributed by atoms with E-state index in [1.165, 1.54) is 16.8 Å². The molecule has 1 nitrogen and oxygen atoms in total. The van der Waals surface area contributed by atoms with Gasteiger partial charge in [-0.25, -0.2) is 0 Å². The van der Waals surface area contributed by atoms with Crippen LogP contribution in [-0.2, 0) is 6.54 Å². The lowest BCUT2D eigenvalue weighted by atomic mass is 10.1. The summed E-state index contributed by atoms with van der Waals surface area (Å²) in [4.78, 5) is 0. The molecule has 4 heteroatoms. The molecular formula is C15H14Br2ClN. The van der Waals surface area contributed by atoms with Crippen LogP contribution in [0.5, 0.6) is 0 Å². The molecule has 0 aliphatic rings. The molecule has 0 aromatic heterocycles. The van der Waals surface area contributed by atoms with Crippen molar-refractivity contribution in [1.29, 1.82) is 0 Å². The predicted molar refractivity (Wildman–Crippen MR) is 90.1 cm³/mol. The molecule has 2 aromatic rings. The Morgan fingerprint density at radius 3 is 2.26 bits per heavy atom. The smallest absolute Gasteiger partial charge is 0.0551 e. The average molecular weight is 404 g/mol. The fourth-order valence-corrected chi connectivity index (χ4v) is 3.17. The lowest BCUT2D eigenvalue weighted by Gasteiger charge is -2.14. The van der Waals surface area contributed by atoms with E-state index in [-0.39, 0.29) is 0 Å². The van der Waals surface area contributed by atoms with E-state index in [0.717, 1.165) is 26.1 Å². The Hall–Kier alpha value is -0.510. The summed E-state index contributed by atoms with van der Waals surface area (Å²) < 4.78 is 2.04. The van der Waals surface area contributed by atoms with Crippen LogP contribution in [0, 0.1) is 13.8 Å². The Balaban J connectivity index is 2.16. The van der Waals surface area contributed by atoms with Crippen molar-refractivity contribution >= 4 is 49.1 Å². The van der Waals surface area contributed by atoms with Gasteiger partial charge >= 0.3 is 0 Å². The van der Waals surface area contributed by atoms with Crippen LogP contribution >= 0.6 is 43.5 Å². The van der Waals surface area contributed by atoms with Gasteiger partial charge in [0.15, 0.2) is 0 Å². The topological polar surface area (TPSA) is 12.0 Å². The van der Waals surface area contributed by atoms with E-state index in [9.17, 15) is 0 Å². The number of aryl methyl sites for hydroxylation is 2. The first-order valence-corrected chi connectivity index (χ1v) is 7.88. The van der Waals surface area contributed by atoms with Crippen molar-refractivity contribution in [2.24, 2.45) is 0 Å². The van der Waals surface area contributed by atoms with Gasteiger partial charge in [-0.2, -0.15) is 0 Å². The van der Waals surface area contributed by atoms with Gasteiger partial charge in [0.1, 0.15) is 0 Å². The van der Waals surface area contributed by atoms with Crippen LogP contribution in [0.1, 0.15) is 16.7 Å². The molecule has 0 saturated heterocycles. The lowest BCUT2D eigenvalue weighted by Crippen LogP contribution is -2.03. The van der Waals surface area contributed by atoms with E-state index < -0.39 is 0 Å². The Kier molecular flexibility index (Phi) is 4.93. The maximum Gasteiger partial charge on any atom is 0.0551 e. The number of anilines is 1. The van der Waals surface area contributed by atoms with Crippen LogP contribution in [0.25, 0.3) is 0 Å². The van der Waals surface area contributed by atoms with E-state index in [4.69, 9.17) is 11.6 Å². The maximum absolute atomic E-state index is 6.10. The molecule has 100 valence electrons. The molecule has 0 aliphatic heterocycles. The summed E-state index contributed by atoms with van der Waals surface area (Å²) in [6.07, 6.45) is 0. The van der Waals surface area contributed by atoms with Gasteiger partial charge in [0.05, 0.1) is 5.02 Å². The SMILES string of the molecule is Cc1cc(Br)cc(C)c1NCc1ccc(Br)c(Cl)c1. The highest BCUT2D eigenvalue weighted by atomic mass is 79.9. The van der Waals surface area contributed by atoms with Crippen molar-refractivity contribution in [3.05, 3.63) is 61.0 Å². The summed E-state index contributed by atoms with van der Waals surface area (Å²) in [5, 5.41) is 4.22. The van der Waals surface area contributed by atoms with Gasteiger partial charge in [0.25, 0.3) is 0 Å². The third kappa shape index (κ3) is 3.74. The monoisotopic (exact) mass is 401 g/mol. The molecule has 0 unspecified atom stereocenters. The summed E-state index contributed by atoms with van der Waals surface area (Å²) in [5.41, 5.74) is 4.81. The molecule has 19 heavy (non-hydrogen) atoms. The zero-order valence-corrected chi connectivity index (χ0v) is 14.7. The highest BCUT2D eigenvalue weighted by Gasteiger charge is 2.05. The van der Waals surface area contributed by atoms with E-state index in [2.05, 4.69) is 69.2 Å². The first kappa shape index (κ1) is 14.9. The fourth-order valence-electron chi connectivity index (χ4n) is 2.03. The first-order chi connectivity index (χ1) is 8.97. The van der Waals surface area contributed by atoms with Crippen molar-refractivity contribution in [1.82, 2.24) is 0 Å². The summed E-state index contributed by atoms with van der Waals surface area (Å²) in [6, 6.07) is 10.2. The Morgan fingerprint density at radius 2 is 1.68 bits per heavy atom. The minimum atomic E-state index is 0.739. The Morgan fingerprint density at radius 1 is 1.05 bits per heavy atom. The molecule has 0 saturated carbocycles. The highest BCUT2D eigenvalue weighted by molar-refractivity contribution is 9.10. The van der Waals surface area contributed by atoms with Crippen LogP contribution < -0.4 is 5.32 Å². The molecule has 0 spiro atoms. The van der Waals surface area contributed by atoms with E-state index in [1.54, 1.807) is 0 Å². The molecule has 0 bridgehead atoms. The van der Waals surface area contributed by atoms with Crippen molar-refractivity contribution in [3.63, 3.8) is 0 Å². The summed E-state index contributed by atoms with van der Waals surface area (Å²) in [7, 11) is 0. The molecule has 0 aliphatic carbocycles. The van der Waals surface area contributed by atoms with Gasteiger partial charge in [0.2, 0.25) is 0 Å². The van der Waals surface area contributed by atoms with Gasteiger partial charge < -0.3 is 5.32 Å².